The number of hydrogen-bond acceptors (Lipinski definition) is 5. The van der Waals surface area contributed by atoms with Crippen molar-refractivity contribution in [3.8, 4) is 0 Å². The van der Waals surface area contributed by atoms with E-state index in [1.807, 2.05) is 36.4 Å². The number of halogens is 2. The maximum absolute atomic E-state index is 13.1. The van der Waals surface area contributed by atoms with Crippen LogP contribution in [-0.2, 0) is 6.54 Å². The average molecular weight is 412 g/mol. The van der Waals surface area contributed by atoms with Gasteiger partial charge in [0.2, 0.25) is 5.95 Å². The molecule has 2 aromatic carbocycles. The zero-order valence-electron chi connectivity index (χ0n) is 15.6. The summed E-state index contributed by atoms with van der Waals surface area (Å²) in [7, 11) is 0. The Bertz CT molecular complexity index is 1130. The van der Waals surface area contributed by atoms with Gasteiger partial charge in [-0.1, -0.05) is 11.6 Å². The lowest BCUT2D eigenvalue weighted by molar-refractivity contribution is 0.508. The van der Waals surface area contributed by atoms with Crippen LogP contribution in [0.25, 0.3) is 11.0 Å². The normalized spacial score (nSPS) is 14.7. The van der Waals surface area contributed by atoms with Crippen molar-refractivity contribution in [1.29, 1.82) is 0 Å². The van der Waals surface area contributed by atoms with Gasteiger partial charge in [0.15, 0.2) is 0 Å². The Morgan fingerprint density at radius 3 is 2.52 bits per heavy atom. The van der Waals surface area contributed by atoms with E-state index >= 15 is 0 Å². The molecule has 8 heteroatoms. The summed E-state index contributed by atoms with van der Waals surface area (Å²) in [5.74, 6) is 1.30. The molecule has 1 saturated heterocycles. The Hall–Kier alpha value is -3.06. The zero-order valence-corrected chi connectivity index (χ0v) is 16.4. The van der Waals surface area contributed by atoms with Gasteiger partial charge in [-0.05, 0) is 48.5 Å². The average Bonchev–Trinajstić information content (AvgIpc) is 3.35. The van der Waals surface area contributed by atoms with Gasteiger partial charge in [0, 0.05) is 42.3 Å². The van der Waals surface area contributed by atoms with Crippen LogP contribution in [0.1, 0.15) is 5.76 Å². The Labute approximate surface area is 172 Å². The van der Waals surface area contributed by atoms with E-state index in [1.54, 1.807) is 11.0 Å². The maximum atomic E-state index is 13.1. The molecule has 0 N–H and O–H groups in total. The Morgan fingerprint density at radius 2 is 1.72 bits per heavy atom. The molecule has 1 aliphatic rings. The number of hydrogen-bond donors (Lipinski definition) is 0. The zero-order chi connectivity index (χ0) is 19.8. The first-order chi connectivity index (χ1) is 14.1. The van der Waals surface area contributed by atoms with Gasteiger partial charge in [0.05, 0.1) is 0 Å². The first-order valence-corrected chi connectivity index (χ1v) is 9.85. The van der Waals surface area contributed by atoms with E-state index in [0.717, 1.165) is 48.6 Å². The minimum absolute atomic E-state index is 0.213. The number of rotatable bonds is 4. The standard InChI is InChI=1S/C21H19ClFN5O/c22-16-1-6-20-15(11-16)12-19(29-20)13-28-14-24-21(25-28)27-9-7-26(8-10-27)18-4-2-17(23)3-5-18/h1-6,11-12,14H,7-10,13H2. The molecule has 0 saturated carbocycles. The summed E-state index contributed by atoms with van der Waals surface area (Å²) >= 11 is 6.04. The third-order valence-corrected chi connectivity index (χ3v) is 5.36. The molecule has 4 aromatic rings. The van der Waals surface area contributed by atoms with Crippen LogP contribution in [0.15, 0.2) is 59.3 Å². The molecule has 3 heterocycles. The molecule has 0 aliphatic carbocycles. The van der Waals surface area contributed by atoms with Crippen LogP contribution < -0.4 is 9.80 Å². The molecule has 2 aromatic heterocycles. The highest BCUT2D eigenvalue weighted by atomic mass is 35.5. The second-order valence-electron chi connectivity index (χ2n) is 7.09. The molecule has 29 heavy (non-hydrogen) atoms. The molecule has 0 unspecified atom stereocenters. The molecule has 0 amide bonds. The molecule has 0 atom stereocenters. The molecule has 0 bridgehead atoms. The van der Waals surface area contributed by atoms with Crippen molar-refractivity contribution in [2.24, 2.45) is 0 Å². The van der Waals surface area contributed by atoms with E-state index in [0.29, 0.717) is 17.5 Å². The highest BCUT2D eigenvalue weighted by Gasteiger charge is 2.20. The van der Waals surface area contributed by atoms with E-state index in [9.17, 15) is 4.39 Å². The highest BCUT2D eigenvalue weighted by molar-refractivity contribution is 6.31. The van der Waals surface area contributed by atoms with E-state index in [-0.39, 0.29) is 5.82 Å². The van der Waals surface area contributed by atoms with Gasteiger partial charge in [0.25, 0.3) is 0 Å². The van der Waals surface area contributed by atoms with Crippen LogP contribution in [0.3, 0.4) is 0 Å². The van der Waals surface area contributed by atoms with Crippen molar-refractivity contribution in [3.63, 3.8) is 0 Å². The van der Waals surface area contributed by atoms with E-state index < -0.39 is 0 Å². The predicted molar refractivity (Wildman–Crippen MR) is 111 cm³/mol. The molecular formula is C21H19ClFN5O. The molecule has 1 aliphatic heterocycles. The molecular weight excluding hydrogens is 393 g/mol. The molecule has 148 valence electrons. The monoisotopic (exact) mass is 411 g/mol. The van der Waals surface area contributed by atoms with Gasteiger partial charge < -0.3 is 14.2 Å². The van der Waals surface area contributed by atoms with Gasteiger partial charge in [-0.15, -0.1) is 5.10 Å². The van der Waals surface area contributed by atoms with Crippen LogP contribution in [0.4, 0.5) is 16.0 Å². The van der Waals surface area contributed by atoms with Crippen LogP contribution in [0, 0.1) is 5.82 Å². The topological polar surface area (TPSA) is 50.3 Å². The van der Waals surface area contributed by atoms with Crippen LogP contribution >= 0.6 is 11.6 Å². The van der Waals surface area contributed by atoms with Crippen molar-refractivity contribution < 1.29 is 8.81 Å². The minimum Gasteiger partial charge on any atom is -0.459 e. The number of piperazine rings is 1. The Morgan fingerprint density at radius 1 is 0.966 bits per heavy atom. The van der Waals surface area contributed by atoms with E-state index in [1.165, 1.54) is 12.1 Å². The van der Waals surface area contributed by atoms with Crippen molar-refractivity contribution in [2.45, 2.75) is 6.54 Å². The Balaban J connectivity index is 1.23. The van der Waals surface area contributed by atoms with Gasteiger partial charge in [-0.2, -0.15) is 0 Å². The van der Waals surface area contributed by atoms with Gasteiger partial charge in [-0.3, -0.25) is 0 Å². The smallest absolute Gasteiger partial charge is 0.244 e. The van der Waals surface area contributed by atoms with Gasteiger partial charge >= 0.3 is 0 Å². The van der Waals surface area contributed by atoms with E-state index in [4.69, 9.17) is 16.0 Å². The number of aromatic nitrogens is 3. The summed E-state index contributed by atoms with van der Waals surface area (Å²) < 4.78 is 20.8. The number of fused-ring (bicyclic) bond motifs is 1. The number of benzene rings is 2. The maximum Gasteiger partial charge on any atom is 0.244 e. The second kappa shape index (κ2) is 7.40. The molecule has 0 spiro atoms. The first kappa shape index (κ1) is 18.0. The molecule has 6 nitrogen and oxygen atoms in total. The number of anilines is 2. The highest BCUT2D eigenvalue weighted by Crippen LogP contribution is 2.24. The predicted octanol–water partition coefficient (Wildman–Crippen LogP) is 4.19. The van der Waals surface area contributed by atoms with Gasteiger partial charge in [-0.25, -0.2) is 14.1 Å². The lowest BCUT2D eigenvalue weighted by Crippen LogP contribution is -2.47. The first-order valence-electron chi connectivity index (χ1n) is 9.47. The summed E-state index contributed by atoms with van der Waals surface area (Å²) in [4.78, 5) is 8.86. The van der Waals surface area contributed by atoms with Crippen molar-refractivity contribution >= 4 is 34.2 Å². The van der Waals surface area contributed by atoms with Crippen LogP contribution in [-0.4, -0.2) is 40.9 Å². The molecule has 1 fully saturated rings. The lowest BCUT2D eigenvalue weighted by Gasteiger charge is -2.35. The molecule has 5 rings (SSSR count). The van der Waals surface area contributed by atoms with Crippen LogP contribution in [0.2, 0.25) is 5.02 Å². The van der Waals surface area contributed by atoms with E-state index in [2.05, 4.69) is 19.9 Å². The number of nitrogens with zero attached hydrogens (tertiary/aromatic N) is 5. The SMILES string of the molecule is Fc1ccc(N2CCN(c3ncn(Cc4cc5cc(Cl)ccc5o4)n3)CC2)cc1. The fraction of sp³-hybridized carbons (Fsp3) is 0.238. The third-order valence-electron chi connectivity index (χ3n) is 5.13. The number of furan rings is 1. The summed E-state index contributed by atoms with van der Waals surface area (Å²) in [6, 6.07) is 14.2. The largest absolute Gasteiger partial charge is 0.459 e. The Kier molecular flexibility index (Phi) is 4.60. The third kappa shape index (κ3) is 3.78. The second-order valence-corrected chi connectivity index (χ2v) is 7.52. The summed E-state index contributed by atoms with van der Waals surface area (Å²) in [6.07, 6.45) is 1.72. The lowest BCUT2D eigenvalue weighted by atomic mass is 10.2. The van der Waals surface area contributed by atoms with Crippen LogP contribution in [0.5, 0.6) is 0 Å². The minimum atomic E-state index is -0.213. The van der Waals surface area contributed by atoms with Gasteiger partial charge in [0.1, 0.15) is 30.0 Å². The summed E-state index contributed by atoms with van der Waals surface area (Å²) in [5.41, 5.74) is 1.84. The quantitative estimate of drug-likeness (QED) is 0.504. The van der Waals surface area contributed by atoms with Crippen molar-refractivity contribution in [3.05, 3.63) is 71.5 Å². The fourth-order valence-corrected chi connectivity index (χ4v) is 3.81. The van der Waals surface area contributed by atoms with Crippen molar-refractivity contribution in [1.82, 2.24) is 14.8 Å². The summed E-state index contributed by atoms with van der Waals surface area (Å²) in [5, 5.41) is 6.27. The van der Waals surface area contributed by atoms with Crippen molar-refractivity contribution in [2.75, 3.05) is 36.0 Å². The fourth-order valence-electron chi connectivity index (χ4n) is 3.63. The molecule has 0 radical (unpaired) electrons. The summed E-state index contributed by atoms with van der Waals surface area (Å²) in [6.45, 7) is 3.80.